The normalized spacial score (nSPS) is 26.3. The van der Waals surface area contributed by atoms with E-state index in [0.717, 1.165) is 19.4 Å². The molecule has 102 valence electrons. The summed E-state index contributed by atoms with van der Waals surface area (Å²) in [5, 5.41) is 11.2. The van der Waals surface area contributed by atoms with Crippen LogP contribution in [-0.4, -0.2) is 22.5 Å². The molecule has 1 aliphatic carbocycles. The minimum atomic E-state index is -0.328. The average Bonchev–Trinajstić information content (AvgIpc) is 2.86. The van der Waals surface area contributed by atoms with Crippen LogP contribution in [0.5, 0.6) is 0 Å². The fourth-order valence-corrected chi connectivity index (χ4v) is 3.81. The Kier molecular flexibility index (Phi) is 3.43. The Morgan fingerprint density at radius 1 is 1.37 bits per heavy atom. The van der Waals surface area contributed by atoms with Gasteiger partial charge in [0.1, 0.15) is 0 Å². The molecule has 1 saturated heterocycles. The Morgan fingerprint density at radius 3 is 2.95 bits per heavy atom. The van der Waals surface area contributed by atoms with Crippen molar-refractivity contribution in [2.24, 2.45) is 5.92 Å². The van der Waals surface area contributed by atoms with Crippen molar-refractivity contribution in [2.45, 2.75) is 38.1 Å². The molecule has 0 amide bonds. The van der Waals surface area contributed by atoms with E-state index in [2.05, 4.69) is 25.8 Å². The largest absolute Gasteiger partial charge is 0.348 e. The molecule has 1 saturated carbocycles. The van der Waals surface area contributed by atoms with Crippen molar-refractivity contribution in [2.75, 3.05) is 11.4 Å². The highest BCUT2D eigenvalue weighted by atomic mass is 79.9. The second kappa shape index (κ2) is 5.07. The number of nitrogens with zero attached hydrogens (tertiary/aromatic N) is 3. The van der Waals surface area contributed by atoms with E-state index in [1.54, 1.807) is 12.3 Å². The molecule has 2 aliphatic rings. The van der Waals surface area contributed by atoms with Crippen LogP contribution in [0.15, 0.2) is 16.7 Å². The molecule has 0 radical (unpaired) electrons. The summed E-state index contributed by atoms with van der Waals surface area (Å²) in [5.74, 6) is 1.24. The third kappa shape index (κ3) is 2.33. The highest BCUT2D eigenvalue weighted by molar-refractivity contribution is 9.10. The molecule has 19 heavy (non-hydrogen) atoms. The molecular formula is C13H16BrN3O2. The van der Waals surface area contributed by atoms with Crippen LogP contribution in [0, 0.1) is 16.0 Å². The van der Waals surface area contributed by atoms with Crippen molar-refractivity contribution in [3.8, 4) is 0 Å². The van der Waals surface area contributed by atoms with Crippen molar-refractivity contribution < 1.29 is 4.92 Å². The van der Waals surface area contributed by atoms with Gasteiger partial charge in [0.15, 0.2) is 0 Å². The van der Waals surface area contributed by atoms with E-state index in [-0.39, 0.29) is 10.6 Å². The van der Waals surface area contributed by atoms with E-state index in [4.69, 9.17) is 0 Å². The van der Waals surface area contributed by atoms with Crippen LogP contribution in [-0.2, 0) is 0 Å². The lowest BCUT2D eigenvalue weighted by Gasteiger charge is -2.38. The first kappa shape index (κ1) is 12.8. The third-order valence-electron chi connectivity index (χ3n) is 4.28. The van der Waals surface area contributed by atoms with Gasteiger partial charge in [0.05, 0.1) is 4.92 Å². The molecule has 2 fully saturated rings. The Hall–Kier alpha value is -1.17. The lowest BCUT2D eigenvalue weighted by atomic mass is 9.92. The molecule has 0 aromatic carbocycles. The predicted octanol–water partition coefficient (Wildman–Crippen LogP) is 3.52. The molecule has 5 nitrogen and oxygen atoms in total. The standard InChI is InChI=1S/C13H16BrN3O2/c14-10-7-12(17(18)19)13(15-8-10)16-6-2-4-9-3-1-5-11(9)16/h7-9,11H,1-6H2. The Labute approximate surface area is 120 Å². The summed E-state index contributed by atoms with van der Waals surface area (Å²) in [4.78, 5) is 17.4. The number of rotatable bonds is 2. The number of fused-ring (bicyclic) bond motifs is 1. The van der Waals surface area contributed by atoms with Gasteiger partial charge in [0.25, 0.3) is 0 Å². The number of pyridine rings is 1. The van der Waals surface area contributed by atoms with Gasteiger partial charge in [-0.2, -0.15) is 0 Å². The lowest BCUT2D eigenvalue weighted by molar-refractivity contribution is -0.384. The number of hydrogen-bond acceptors (Lipinski definition) is 4. The minimum Gasteiger partial charge on any atom is -0.348 e. The van der Waals surface area contributed by atoms with Crippen molar-refractivity contribution in [3.05, 3.63) is 26.9 Å². The molecule has 1 aromatic heterocycles. The van der Waals surface area contributed by atoms with Crippen molar-refractivity contribution >= 4 is 27.4 Å². The maximum absolute atomic E-state index is 11.2. The molecule has 2 atom stereocenters. The summed E-state index contributed by atoms with van der Waals surface area (Å²) < 4.78 is 0.655. The number of piperidine rings is 1. The van der Waals surface area contributed by atoms with Crippen LogP contribution < -0.4 is 4.90 Å². The lowest BCUT2D eigenvalue weighted by Crippen LogP contribution is -2.43. The van der Waals surface area contributed by atoms with Gasteiger partial charge in [-0.1, -0.05) is 6.42 Å². The zero-order valence-corrected chi connectivity index (χ0v) is 12.2. The van der Waals surface area contributed by atoms with Gasteiger partial charge in [0, 0.05) is 29.3 Å². The van der Waals surface area contributed by atoms with Crippen molar-refractivity contribution in [1.29, 1.82) is 0 Å². The number of halogens is 1. The van der Waals surface area contributed by atoms with Crippen LogP contribution in [0.25, 0.3) is 0 Å². The van der Waals surface area contributed by atoms with Crippen LogP contribution >= 0.6 is 15.9 Å². The van der Waals surface area contributed by atoms with Crippen LogP contribution in [0.1, 0.15) is 32.1 Å². The minimum absolute atomic E-state index is 0.113. The van der Waals surface area contributed by atoms with Gasteiger partial charge < -0.3 is 4.90 Å². The molecule has 0 spiro atoms. The first-order valence-corrected chi connectivity index (χ1v) is 7.52. The predicted molar refractivity (Wildman–Crippen MR) is 76.3 cm³/mol. The van der Waals surface area contributed by atoms with E-state index in [9.17, 15) is 10.1 Å². The van der Waals surface area contributed by atoms with Gasteiger partial charge in [-0.3, -0.25) is 10.1 Å². The molecule has 3 rings (SSSR count). The number of hydrogen-bond donors (Lipinski definition) is 0. The molecule has 0 bridgehead atoms. The first-order chi connectivity index (χ1) is 9.16. The number of nitro groups is 1. The SMILES string of the molecule is O=[N+]([O-])c1cc(Br)cnc1N1CCCC2CCCC21. The molecule has 0 N–H and O–H groups in total. The van der Waals surface area contributed by atoms with Crippen molar-refractivity contribution in [3.63, 3.8) is 0 Å². The summed E-state index contributed by atoms with van der Waals surface area (Å²) in [6, 6.07) is 2.00. The smallest absolute Gasteiger partial charge is 0.312 e. The van der Waals surface area contributed by atoms with Crippen LogP contribution in [0.2, 0.25) is 0 Å². The van der Waals surface area contributed by atoms with Crippen molar-refractivity contribution in [1.82, 2.24) is 4.98 Å². The maximum Gasteiger partial charge on any atom is 0.312 e. The summed E-state index contributed by atoms with van der Waals surface area (Å²) in [5.41, 5.74) is 0.113. The second-order valence-electron chi connectivity index (χ2n) is 5.35. The van der Waals surface area contributed by atoms with Gasteiger partial charge in [-0.25, -0.2) is 4.98 Å². The first-order valence-electron chi connectivity index (χ1n) is 6.73. The van der Waals surface area contributed by atoms with Gasteiger partial charge in [-0.15, -0.1) is 0 Å². The van der Waals surface area contributed by atoms with E-state index >= 15 is 0 Å². The molecule has 1 aromatic rings. The van der Waals surface area contributed by atoms with Gasteiger partial charge in [0.2, 0.25) is 5.82 Å². The quantitative estimate of drug-likeness (QED) is 0.616. The second-order valence-corrected chi connectivity index (χ2v) is 6.26. The monoisotopic (exact) mass is 325 g/mol. The highest BCUT2D eigenvalue weighted by Crippen LogP contribution is 2.41. The van der Waals surface area contributed by atoms with E-state index in [1.807, 2.05) is 0 Å². The zero-order chi connectivity index (χ0) is 13.4. The summed E-state index contributed by atoms with van der Waals surface area (Å²) in [7, 11) is 0. The van der Waals surface area contributed by atoms with Gasteiger partial charge in [-0.05, 0) is 47.5 Å². The Morgan fingerprint density at radius 2 is 2.16 bits per heavy atom. The average molecular weight is 326 g/mol. The third-order valence-corrected chi connectivity index (χ3v) is 4.71. The number of anilines is 1. The zero-order valence-electron chi connectivity index (χ0n) is 10.6. The van der Waals surface area contributed by atoms with Gasteiger partial charge >= 0.3 is 5.69 Å². The summed E-state index contributed by atoms with van der Waals surface area (Å²) in [6.45, 7) is 0.886. The molecule has 2 unspecified atom stereocenters. The fraction of sp³-hybridized carbons (Fsp3) is 0.615. The molecule has 2 heterocycles. The van der Waals surface area contributed by atoms with E-state index in [1.165, 1.54) is 19.3 Å². The van der Waals surface area contributed by atoms with Crippen LogP contribution in [0.3, 0.4) is 0 Å². The fourth-order valence-electron chi connectivity index (χ4n) is 3.49. The van der Waals surface area contributed by atoms with E-state index < -0.39 is 0 Å². The van der Waals surface area contributed by atoms with E-state index in [0.29, 0.717) is 22.3 Å². The molecular weight excluding hydrogens is 310 g/mol. The summed E-state index contributed by atoms with van der Waals surface area (Å²) in [6.07, 6.45) is 7.64. The maximum atomic E-state index is 11.2. The Balaban J connectivity index is 1.98. The highest BCUT2D eigenvalue weighted by Gasteiger charge is 2.38. The Bertz CT molecular complexity index is 509. The van der Waals surface area contributed by atoms with Crippen LogP contribution in [0.4, 0.5) is 11.5 Å². The summed E-state index contributed by atoms with van der Waals surface area (Å²) >= 11 is 3.26. The number of aromatic nitrogens is 1. The molecule has 6 heteroatoms. The topological polar surface area (TPSA) is 59.3 Å². The molecule has 1 aliphatic heterocycles.